The van der Waals surface area contributed by atoms with Gasteiger partial charge in [0, 0.05) is 0 Å². The highest BCUT2D eigenvalue weighted by Gasteiger charge is 2.02. The average molecular weight is 231 g/mol. The van der Waals surface area contributed by atoms with Gasteiger partial charge in [-0.2, -0.15) is 4.98 Å². The average Bonchev–Trinajstić information content (AvgIpc) is 2.38. The van der Waals surface area contributed by atoms with Crippen LogP contribution in [0, 0.1) is 0 Å². The number of anilines is 1. The molecular weight excluding hydrogens is 218 g/mol. The van der Waals surface area contributed by atoms with Gasteiger partial charge in [-0.1, -0.05) is 12.1 Å². The lowest BCUT2D eigenvalue weighted by Gasteiger charge is -2.07. The number of nitrogens with zero attached hydrogens (tertiary/aromatic N) is 2. The Balaban J connectivity index is 2.05. The van der Waals surface area contributed by atoms with E-state index in [1.54, 1.807) is 7.11 Å². The molecule has 0 spiro atoms. The van der Waals surface area contributed by atoms with Crippen molar-refractivity contribution in [3.8, 4) is 11.6 Å². The number of hydrogen-bond acceptors (Lipinski definition) is 5. The summed E-state index contributed by atoms with van der Waals surface area (Å²) in [5.41, 5.74) is 7.08. The van der Waals surface area contributed by atoms with E-state index >= 15 is 0 Å². The maximum atomic E-state index is 5.67. The van der Waals surface area contributed by atoms with E-state index in [0.29, 0.717) is 18.2 Å². The highest BCUT2D eigenvalue weighted by Crippen LogP contribution is 2.18. The Kier molecular flexibility index (Phi) is 3.40. The maximum Gasteiger partial charge on any atom is 0.240 e. The van der Waals surface area contributed by atoms with Gasteiger partial charge in [0.05, 0.1) is 13.3 Å². The van der Waals surface area contributed by atoms with Gasteiger partial charge in [0.15, 0.2) is 0 Å². The first kappa shape index (κ1) is 11.2. The Hall–Kier alpha value is -2.30. The van der Waals surface area contributed by atoms with Gasteiger partial charge < -0.3 is 15.2 Å². The summed E-state index contributed by atoms with van der Waals surface area (Å²) in [4.78, 5) is 7.74. The molecule has 0 amide bonds. The molecule has 0 radical (unpaired) electrons. The van der Waals surface area contributed by atoms with Gasteiger partial charge in [0.2, 0.25) is 5.88 Å². The summed E-state index contributed by atoms with van der Waals surface area (Å²) in [5.74, 6) is 1.18. The van der Waals surface area contributed by atoms with E-state index in [4.69, 9.17) is 15.2 Å². The summed E-state index contributed by atoms with van der Waals surface area (Å²) < 4.78 is 10.6. The maximum absolute atomic E-state index is 5.67. The zero-order valence-corrected chi connectivity index (χ0v) is 9.46. The summed E-state index contributed by atoms with van der Waals surface area (Å²) in [6.45, 7) is 0.387. The summed E-state index contributed by atoms with van der Waals surface area (Å²) in [6, 6.07) is 7.63. The van der Waals surface area contributed by atoms with Crippen LogP contribution in [0.15, 0.2) is 36.8 Å². The van der Waals surface area contributed by atoms with Crippen LogP contribution in [0.25, 0.3) is 0 Å². The van der Waals surface area contributed by atoms with E-state index in [0.717, 1.165) is 11.3 Å². The minimum Gasteiger partial charge on any atom is -0.497 e. The van der Waals surface area contributed by atoms with Crippen LogP contribution in [0.4, 0.5) is 5.69 Å². The number of benzene rings is 1. The molecule has 2 rings (SSSR count). The van der Waals surface area contributed by atoms with Crippen LogP contribution in [0.2, 0.25) is 0 Å². The molecule has 2 N–H and O–H groups in total. The number of methoxy groups -OCH3 is 1. The van der Waals surface area contributed by atoms with E-state index < -0.39 is 0 Å². The lowest BCUT2D eigenvalue weighted by atomic mass is 10.2. The fourth-order valence-electron chi connectivity index (χ4n) is 1.36. The normalized spacial score (nSPS) is 9.94. The van der Waals surface area contributed by atoms with Crippen molar-refractivity contribution in [3.63, 3.8) is 0 Å². The predicted molar refractivity (Wildman–Crippen MR) is 63.8 cm³/mol. The van der Waals surface area contributed by atoms with Crippen molar-refractivity contribution in [2.75, 3.05) is 12.8 Å². The van der Waals surface area contributed by atoms with E-state index in [1.807, 2.05) is 24.3 Å². The molecule has 0 aliphatic carbocycles. The van der Waals surface area contributed by atoms with Gasteiger partial charge in [-0.25, -0.2) is 4.98 Å². The van der Waals surface area contributed by atoms with Gasteiger partial charge in [-0.15, -0.1) is 0 Å². The number of aromatic nitrogens is 2. The van der Waals surface area contributed by atoms with Crippen molar-refractivity contribution in [1.82, 2.24) is 9.97 Å². The molecule has 0 aliphatic rings. The first-order valence-corrected chi connectivity index (χ1v) is 5.11. The fourth-order valence-corrected chi connectivity index (χ4v) is 1.36. The number of hydrogen-bond donors (Lipinski definition) is 1. The molecule has 88 valence electrons. The molecular formula is C12H13N3O2. The Morgan fingerprint density at radius 2 is 2.24 bits per heavy atom. The van der Waals surface area contributed by atoms with E-state index in [9.17, 15) is 0 Å². The van der Waals surface area contributed by atoms with Crippen molar-refractivity contribution in [3.05, 3.63) is 42.4 Å². The van der Waals surface area contributed by atoms with Crippen molar-refractivity contribution in [2.45, 2.75) is 6.61 Å². The first-order valence-electron chi connectivity index (χ1n) is 5.11. The molecule has 1 heterocycles. The molecule has 1 aromatic carbocycles. The third-order valence-electron chi connectivity index (χ3n) is 2.21. The van der Waals surface area contributed by atoms with E-state index in [2.05, 4.69) is 9.97 Å². The van der Waals surface area contributed by atoms with E-state index in [1.165, 1.54) is 12.5 Å². The lowest BCUT2D eigenvalue weighted by Crippen LogP contribution is -2.01. The summed E-state index contributed by atoms with van der Waals surface area (Å²) in [5, 5.41) is 0. The van der Waals surface area contributed by atoms with Crippen LogP contribution in [0.1, 0.15) is 5.56 Å². The summed E-state index contributed by atoms with van der Waals surface area (Å²) >= 11 is 0. The van der Waals surface area contributed by atoms with Gasteiger partial charge >= 0.3 is 0 Å². The van der Waals surface area contributed by atoms with Crippen LogP contribution in [0.3, 0.4) is 0 Å². The number of nitrogen functional groups attached to an aromatic ring is 1. The third kappa shape index (κ3) is 2.84. The van der Waals surface area contributed by atoms with Crippen molar-refractivity contribution in [1.29, 1.82) is 0 Å². The molecule has 17 heavy (non-hydrogen) atoms. The second kappa shape index (κ2) is 5.16. The van der Waals surface area contributed by atoms with Gasteiger partial charge in [-0.3, -0.25) is 0 Å². The number of rotatable bonds is 4. The molecule has 0 saturated carbocycles. The molecule has 1 aromatic heterocycles. The van der Waals surface area contributed by atoms with Crippen LogP contribution in [-0.2, 0) is 6.61 Å². The Bertz CT molecular complexity index is 503. The third-order valence-corrected chi connectivity index (χ3v) is 2.21. The molecule has 0 saturated heterocycles. The van der Waals surface area contributed by atoms with Gasteiger partial charge in [0.1, 0.15) is 24.4 Å². The SMILES string of the molecule is COc1cccc(COc2ncncc2N)c1. The van der Waals surface area contributed by atoms with Gasteiger partial charge in [0.25, 0.3) is 0 Å². The fraction of sp³-hybridized carbons (Fsp3) is 0.167. The van der Waals surface area contributed by atoms with Gasteiger partial charge in [-0.05, 0) is 17.7 Å². The second-order valence-corrected chi connectivity index (χ2v) is 3.42. The molecule has 2 aromatic rings. The molecule has 5 nitrogen and oxygen atoms in total. The van der Waals surface area contributed by atoms with Crippen LogP contribution in [-0.4, -0.2) is 17.1 Å². The summed E-state index contributed by atoms with van der Waals surface area (Å²) in [6.07, 6.45) is 2.91. The zero-order valence-electron chi connectivity index (χ0n) is 9.46. The Morgan fingerprint density at radius 3 is 3.00 bits per heavy atom. The zero-order chi connectivity index (χ0) is 12.1. The first-order chi connectivity index (χ1) is 8.29. The van der Waals surface area contributed by atoms with Crippen molar-refractivity contribution < 1.29 is 9.47 Å². The molecule has 5 heteroatoms. The second-order valence-electron chi connectivity index (χ2n) is 3.42. The Morgan fingerprint density at radius 1 is 1.35 bits per heavy atom. The molecule has 0 fully saturated rings. The predicted octanol–water partition coefficient (Wildman–Crippen LogP) is 1.65. The van der Waals surface area contributed by atoms with E-state index in [-0.39, 0.29) is 0 Å². The van der Waals surface area contributed by atoms with Crippen molar-refractivity contribution >= 4 is 5.69 Å². The van der Waals surface area contributed by atoms with Crippen LogP contribution >= 0.6 is 0 Å². The molecule has 0 bridgehead atoms. The quantitative estimate of drug-likeness (QED) is 0.866. The van der Waals surface area contributed by atoms with Crippen LogP contribution in [0.5, 0.6) is 11.6 Å². The highest BCUT2D eigenvalue weighted by atomic mass is 16.5. The lowest BCUT2D eigenvalue weighted by molar-refractivity contribution is 0.294. The monoisotopic (exact) mass is 231 g/mol. The highest BCUT2D eigenvalue weighted by molar-refractivity contribution is 5.44. The smallest absolute Gasteiger partial charge is 0.240 e. The standard InChI is InChI=1S/C12H13N3O2/c1-16-10-4-2-3-9(5-10)7-17-12-11(13)6-14-8-15-12/h2-6,8H,7,13H2,1H3. The molecule has 0 unspecified atom stereocenters. The molecule has 0 aliphatic heterocycles. The molecule has 0 atom stereocenters. The van der Waals surface area contributed by atoms with Crippen LogP contribution < -0.4 is 15.2 Å². The topological polar surface area (TPSA) is 70.3 Å². The minimum absolute atomic E-state index is 0.387. The minimum atomic E-state index is 0.387. The van der Waals surface area contributed by atoms with Crippen molar-refractivity contribution in [2.24, 2.45) is 0 Å². The largest absolute Gasteiger partial charge is 0.497 e. The number of ether oxygens (including phenoxy) is 2. The Labute approximate surface area is 99.2 Å². The number of nitrogens with two attached hydrogens (primary N) is 1. The summed E-state index contributed by atoms with van der Waals surface area (Å²) in [7, 11) is 1.63.